The van der Waals surface area contributed by atoms with Crippen molar-refractivity contribution in [2.75, 3.05) is 25.5 Å². The Morgan fingerprint density at radius 3 is 2.81 bits per heavy atom. The van der Waals surface area contributed by atoms with E-state index in [1.807, 2.05) is 12.1 Å². The molecule has 4 heterocycles. The van der Waals surface area contributed by atoms with Gasteiger partial charge in [0.2, 0.25) is 11.8 Å². The molecular formula is C26H28FN7O2. The van der Waals surface area contributed by atoms with Gasteiger partial charge in [-0.3, -0.25) is 4.79 Å². The normalized spacial score (nSPS) is 16.6. The molecule has 1 aliphatic rings. The highest BCUT2D eigenvalue weighted by molar-refractivity contribution is 5.77. The summed E-state index contributed by atoms with van der Waals surface area (Å²) in [5.74, 6) is 0.934. The Hall–Kier alpha value is -4.05. The van der Waals surface area contributed by atoms with Crippen molar-refractivity contribution < 1.29 is 9.13 Å². The van der Waals surface area contributed by atoms with Crippen LogP contribution in [0.2, 0.25) is 0 Å². The van der Waals surface area contributed by atoms with E-state index in [4.69, 9.17) is 9.72 Å². The first-order valence-corrected chi connectivity index (χ1v) is 12.0. The molecular weight excluding hydrogens is 461 g/mol. The van der Waals surface area contributed by atoms with Crippen LogP contribution in [0, 0.1) is 5.82 Å². The molecule has 0 spiro atoms. The predicted molar refractivity (Wildman–Crippen MR) is 137 cm³/mol. The number of pyridine rings is 1. The lowest BCUT2D eigenvalue weighted by atomic mass is 10.2. The van der Waals surface area contributed by atoms with Gasteiger partial charge in [-0.05, 0) is 63.2 Å². The first-order chi connectivity index (χ1) is 17.5. The molecule has 3 aromatic heterocycles. The quantitative estimate of drug-likeness (QED) is 0.394. The van der Waals surface area contributed by atoms with Crippen LogP contribution in [0.1, 0.15) is 19.3 Å². The molecule has 10 heteroatoms. The van der Waals surface area contributed by atoms with E-state index in [1.165, 1.54) is 23.0 Å². The molecule has 5 rings (SSSR count). The summed E-state index contributed by atoms with van der Waals surface area (Å²) in [4.78, 5) is 29.1. The van der Waals surface area contributed by atoms with Gasteiger partial charge in [0.1, 0.15) is 17.3 Å². The molecule has 36 heavy (non-hydrogen) atoms. The van der Waals surface area contributed by atoms with Crippen LogP contribution >= 0.6 is 0 Å². The van der Waals surface area contributed by atoms with Crippen molar-refractivity contribution in [2.45, 2.75) is 31.9 Å². The van der Waals surface area contributed by atoms with Gasteiger partial charge in [0.05, 0.1) is 6.54 Å². The summed E-state index contributed by atoms with van der Waals surface area (Å²) >= 11 is 0. The van der Waals surface area contributed by atoms with Crippen LogP contribution in [0.4, 0.5) is 16.0 Å². The molecule has 1 fully saturated rings. The Kier molecular flexibility index (Phi) is 6.77. The topological polar surface area (TPSA) is 90.1 Å². The maximum Gasteiger partial charge on any atom is 0.278 e. The number of ether oxygens (including phenoxy) is 1. The van der Waals surface area contributed by atoms with Gasteiger partial charge in [-0.15, -0.1) is 6.58 Å². The van der Waals surface area contributed by atoms with Gasteiger partial charge in [0.25, 0.3) is 5.56 Å². The molecule has 0 amide bonds. The van der Waals surface area contributed by atoms with Gasteiger partial charge >= 0.3 is 0 Å². The van der Waals surface area contributed by atoms with Gasteiger partial charge < -0.3 is 15.0 Å². The Morgan fingerprint density at radius 2 is 2.00 bits per heavy atom. The number of hydrogen-bond donors (Lipinski definition) is 1. The zero-order valence-corrected chi connectivity index (χ0v) is 20.1. The van der Waals surface area contributed by atoms with Crippen molar-refractivity contribution in [3.05, 3.63) is 77.5 Å². The fourth-order valence-corrected chi connectivity index (χ4v) is 4.36. The van der Waals surface area contributed by atoms with Crippen LogP contribution in [0.25, 0.3) is 16.9 Å². The summed E-state index contributed by atoms with van der Waals surface area (Å²) in [5, 5.41) is 3.40. The summed E-state index contributed by atoms with van der Waals surface area (Å²) < 4.78 is 22.7. The minimum atomic E-state index is -0.337. The number of benzene rings is 1. The van der Waals surface area contributed by atoms with Crippen molar-refractivity contribution in [1.82, 2.24) is 29.2 Å². The number of rotatable bonds is 7. The molecule has 186 valence electrons. The van der Waals surface area contributed by atoms with Crippen molar-refractivity contribution in [2.24, 2.45) is 0 Å². The van der Waals surface area contributed by atoms with Crippen molar-refractivity contribution in [1.29, 1.82) is 0 Å². The van der Waals surface area contributed by atoms with Crippen LogP contribution in [-0.4, -0.2) is 55.5 Å². The molecule has 9 nitrogen and oxygen atoms in total. The SMILES string of the molecule is C=CCn1c(=O)c2cnc(Nc3ccc(F)cc3)nc2n1-c1cccc(O[C@@H]2CCCN(C)CC2)n1. The van der Waals surface area contributed by atoms with Crippen LogP contribution in [-0.2, 0) is 6.54 Å². The van der Waals surface area contributed by atoms with Gasteiger partial charge in [0, 0.05) is 24.5 Å². The van der Waals surface area contributed by atoms with E-state index < -0.39 is 0 Å². The van der Waals surface area contributed by atoms with Gasteiger partial charge in [0.15, 0.2) is 11.5 Å². The van der Waals surface area contributed by atoms with E-state index >= 15 is 0 Å². The molecule has 0 unspecified atom stereocenters. The average Bonchev–Trinajstić information content (AvgIpc) is 2.99. The molecule has 1 aliphatic heterocycles. The van der Waals surface area contributed by atoms with Gasteiger partial charge in [-0.2, -0.15) is 9.97 Å². The number of allylic oxidation sites excluding steroid dienone is 1. The van der Waals surface area contributed by atoms with Crippen LogP contribution in [0.5, 0.6) is 5.88 Å². The molecule has 1 aromatic carbocycles. The number of halogens is 1. The number of aromatic nitrogens is 5. The standard InChI is InChI=1S/C26H28FN7O2/c1-3-14-33-25(35)21-17-28-26(29-19-11-9-18(27)10-12-19)31-24(21)34(33)22-7-4-8-23(30-22)36-20-6-5-15-32(2)16-13-20/h3-4,7-12,17,20H,1,5-6,13-16H2,2H3,(H,28,29,31)/t20-/m1/s1. The van der Waals surface area contributed by atoms with Crippen LogP contribution in [0.3, 0.4) is 0 Å². The van der Waals surface area contributed by atoms with Crippen molar-refractivity contribution >= 4 is 22.7 Å². The van der Waals surface area contributed by atoms with E-state index in [2.05, 4.69) is 33.8 Å². The largest absolute Gasteiger partial charge is 0.474 e. The average molecular weight is 490 g/mol. The summed E-state index contributed by atoms with van der Waals surface area (Å²) in [5.41, 5.74) is 0.762. The van der Waals surface area contributed by atoms with E-state index in [9.17, 15) is 9.18 Å². The first kappa shape index (κ1) is 23.7. The monoisotopic (exact) mass is 489 g/mol. The highest BCUT2D eigenvalue weighted by Crippen LogP contribution is 2.22. The maximum atomic E-state index is 13.3. The summed E-state index contributed by atoms with van der Waals surface area (Å²) in [6, 6.07) is 11.4. The number of nitrogens with one attached hydrogen (secondary N) is 1. The molecule has 0 bridgehead atoms. The smallest absolute Gasteiger partial charge is 0.278 e. The molecule has 0 radical (unpaired) electrons. The van der Waals surface area contributed by atoms with Crippen LogP contribution < -0.4 is 15.6 Å². The Balaban J connectivity index is 1.52. The van der Waals surface area contributed by atoms with Crippen molar-refractivity contribution in [3.8, 4) is 11.7 Å². The third kappa shape index (κ3) is 4.99. The lowest BCUT2D eigenvalue weighted by Gasteiger charge is -2.17. The van der Waals surface area contributed by atoms with E-state index in [0.717, 1.165) is 32.4 Å². The van der Waals surface area contributed by atoms with Crippen LogP contribution in [0.15, 0.2) is 66.1 Å². The second-order valence-electron chi connectivity index (χ2n) is 8.86. The molecule has 1 atom stereocenters. The fraction of sp³-hybridized carbons (Fsp3) is 0.308. The lowest BCUT2D eigenvalue weighted by molar-refractivity contribution is 0.175. The second kappa shape index (κ2) is 10.3. The number of hydrogen-bond acceptors (Lipinski definition) is 7. The molecule has 0 aliphatic carbocycles. The number of likely N-dealkylation sites (tertiary alicyclic amines) is 1. The van der Waals surface area contributed by atoms with E-state index in [-0.39, 0.29) is 30.0 Å². The lowest BCUT2D eigenvalue weighted by Crippen LogP contribution is -2.23. The summed E-state index contributed by atoms with van der Waals surface area (Å²) in [6.45, 7) is 6.09. The third-order valence-electron chi connectivity index (χ3n) is 6.19. The fourth-order valence-electron chi connectivity index (χ4n) is 4.36. The maximum absolute atomic E-state index is 13.3. The summed E-state index contributed by atoms with van der Waals surface area (Å²) in [6.07, 6.45) is 6.18. The molecule has 4 aromatic rings. The Bertz CT molecular complexity index is 1430. The van der Waals surface area contributed by atoms with Gasteiger partial charge in [-0.25, -0.2) is 18.7 Å². The van der Waals surface area contributed by atoms with Gasteiger partial charge in [-0.1, -0.05) is 12.1 Å². The second-order valence-corrected chi connectivity index (χ2v) is 8.86. The molecule has 1 saturated heterocycles. The summed E-state index contributed by atoms with van der Waals surface area (Å²) in [7, 11) is 2.12. The van der Waals surface area contributed by atoms with E-state index in [1.54, 1.807) is 29.0 Å². The molecule has 1 N–H and O–H groups in total. The Labute approximate surface area is 207 Å². The highest BCUT2D eigenvalue weighted by atomic mass is 19.1. The number of fused-ring (bicyclic) bond motifs is 1. The minimum Gasteiger partial charge on any atom is -0.474 e. The first-order valence-electron chi connectivity index (χ1n) is 12.0. The zero-order chi connectivity index (χ0) is 25.1. The van der Waals surface area contributed by atoms with Crippen molar-refractivity contribution in [3.63, 3.8) is 0 Å². The predicted octanol–water partition coefficient (Wildman–Crippen LogP) is 3.91. The Morgan fingerprint density at radius 1 is 1.17 bits per heavy atom. The highest BCUT2D eigenvalue weighted by Gasteiger charge is 2.20. The van der Waals surface area contributed by atoms with E-state index in [0.29, 0.717) is 28.4 Å². The molecule has 0 saturated carbocycles. The number of anilines is 2. The minimum absolute atomic E-state index is 0.0864. The number of nitrogens with zero attached hydrogens (tertiary/aromatic N) is 6. The third-order valence-corrected chi connectivity index (χ3v) is 6.19. The zero-order valence-electron chi connectivity index (χ0n) is 20.1.